The Morgan fingerprint density at radius 1 is 1.57 bits per heavy atom. The highest BCUT2D eigenvalue weighted by atomic mass is 32.1. The minimum Gasteiger partial charge on any atom is -0.477 e. The highest BCUT2D eigenvalue weighted by Gasteiger charge is 2.29. The number of thiazole rings is 1. The number of aromatic nitrogens is 3. The second-order valence-electron chi connectivity index (χ2n) is 3.39. The molecule has 0 unspecified atom stereocenters. The molecule has 0 spiro atoms. The van der Waals surface area contributed by atoms with Crippen molar-refractivity contribution in [1.82, 2.24) is 14.6 Å². The number of hydrogen-bond acceptors (Lipinski definition) is 4. The third kappa shape index (κ3) is 1.04. The lowest BCUT2D eigenvalue weighted by Crippen LogP contribution is -1.93. The number of fused-ring (bicyclic) bond motifs is 1. The lowest BCUT2D eigenvalue weighted by molar-refractivity contribution is 0.0702. The Hall–Kier alpha value is -1.43. The average molecular weight is 209 g/mol. The summed E-state index contributed by atoms with van der Waals surface area (Å²) in [7, 11) is 0. The fourth-order valence-corrected chi connectivity index (χ4v) is 2.21. The molecule has 0 atom stereocenters. The third-order valence-electron chi connectivity index (χ3n) is 2.29. The molecule has 6 heteroatoms. The Balaban J connectivity index is 2.18. The van der Waals surface area contributed by atoms with E-state index in [0.29, 0.717) is 15.8 Å². The van der Waals surface area contributed by atoms with Gasteiger partial charge in [-0.1, -0.05) is 11.3 Å². The van der Waals surface area contributed by atoms with Gasteiger partial charge in [0, 0.05) is 12.1 Å². The first kappa shape index (κ1) is 7.93. The monoisotopic (exact) mass is 209 g/mol. The topological polar surface area (TPSA) is 67.5 Å². The molecular weight excluding hydrogens is 202 g/mol. The van der Waals surface area contributed by atoms with Crippen molar-refractivity contribution >= 4 is 22.3 Å². The van der Waals surface area contributed by atoms with Gasteiger partial charge in [-0.25, -0.2) is 4.79 Å². The summed E-state index contributed by atoms with van der Waals surface area (Å²) in [5.74, 6) is 0.493. The summed E-state index contributed by atoms with van der Waals surface area (Å²) in [5.41, 5.74) is 0. The van der Waals surface area contributed by atoms with E-state index in [2.05, 4.69) is 10.2 Å². The molecule has 0 saturated heterocycles. The van der Waals surface area contributed by atoms with Crippen LogP contribution in [0.25, 0.3) is 4.96 Å². The zero-order chi connectivity index (χ0) is 9.71. The van der Waals surface area contributed by atoms with E-state index in [-0.39, 0.29) is 0 Å². The zero-order valence-electron chi connectivity index (χ0n) is 7.17. The molecule has 0 aromatic carbocycles. The van der Waals surface area contributed by atoms with E-state index in [1.54, 1.807) is 10.6 Å². The van der Waals surface area contributed by atoms with Crippen LogP contribution in [0.3, 0.4) is 0 Å². The molecule has 2 aromatic rings. The van der Waals surface area contributed by atoms with Crippen LogP contribution in [0.5, 0.6) is 0 Å². The van der Waals surface area contributed by atoms with Crippen molar-refractivity contribution < 1.29 is 9.90 Å². The molecule has 1 fully saturated rings. The van der Waals surface area contributed by atoms with Gasteiger partial charge in [0.15, 0.2) is 0 Å². The molecule has 3 rings (SSSR count). The number of hydrogen-bond donors (Lipinski definition) is 1. The summed E-state index contributed by atoms with van der Waals surface area (Å²) in [4.78, 5) is 11.7. The molecule has 1 aliphatic carbocycles. The van der Waals surface area contributed by atoms with Gasteiger partial charge in [0.1, 0.15) is 10.7 Å². The average Bonchev–Trinajstić information content (AvgIpc) is 2.77. The summed E-state index contributed by atoms with van der Waals surface area (Å²) in [5, 5.41) is 16.8. The van der Waals surface area contributed by atoms with Crippen LogP contribution in [-0.4, -0.2) is 25.7 Å². The normalized spacial score (nSPS) is 16.3. The molecule has 1 aliphatic rings. The van der Waals surface area contributed by atoms with Crippen LogP contribution in [0.1, 0.15) is 34.3 Å². The number of rotatable bonds is 2. The quantitative estimate of drug-likeness (QED) is 0.811. The summed E-state index contributed by atoms with van der Waals surface area (Å²) < 4.78 is 1.80. The lowest BCUT2D eigenvalue weighted by Gasteiger charge is -1.89. The first-order valence-electron chi connectivity index (χ1n) is 4.33. The summed E-state index contributed by atoms with van der Waals surface area (Å²) in [6, 6.07) is 0. The van der Waals surface area contributed by atoms with Crippen LogP contribution >= 0.6 is 11.3 Å². The number of carbonyl (C=O) groups is 1. The fourth-order valence-electron chi connectivity index (χ4n) is 1.44. The smallest absolute Gasteiger partial charge is 0.347 e. The van der Waals surface area contributed by atoms with Crippen molar-refractivity contribution in [2.75, 3.05) is 0 Å². The maximum atomic E-state index is 10.7. The molecule has 2 heterocycles. The largest absolute Gasteiger partial charge is 0.477 e. The third-order valence-corrected chi connectivity index (χ3v) is 3.25. The molecule has 72 valence electrons. The van der Waals surface area contributed by atoms with Crippen LogP contribution in [0.4, 0.5) is 0 Å². The van der Waals surface area contributed by atoms with Crippen molar-refractivity contribution in [3.63, 3.8) is 0 Å². The highest BCUT2D eigenvalue weighted by molar-refractivity contribution is 7.18. The molecule has 0 amide bonds. The molecule has 0 bridgehead atoms. The van der Waals surface area contributed by atoms with E-state index in [9.17, 15) is 4.79 Å². The van der Waals surface area contributed by atoms with Gasteiger partial charge in [-0.15, -0.1) is 10.2 Å². The predicted molar refractivity (Wildman–Crippen MR) is 49.8 cm³/mol. The second-order valence-corrected chi connectivity index (χ2v) is 4.39. The molecule has 1 saturated carbocycles. The van der Waals surface area contributed by atoms with Gasteiger partial charge in [0.05, 0.1) is 0 Å². The number of carboxylic acid groups (broad SMARTS) is 1. The van der Waals surface area contributed by atoms with Crippen LogP contribution in [0.2, 0.25) is 0 Å². The summed E-state index contributed by atoms with van der Waals surface area (Å²) in [6.45, 7) is 0. The van der Waals surface area contributed by atoms with Gasteiger partial charge in [0.2, 0.25) is 4.96 Å². The molecular formula is C8H7N3O2S. The van der Waals surface area contributed by atoms with E-state index in [1.807, 2.05) is 0 Å². The summed E-state index contributed by atoms with van der Waals surface area (Å²) in [6.07, 6.45) is 3.88. The standard InChI is InChI=1S/C8H7N3O2S/c12-7(13)5-3-11-6(4-1-2-4)9-10-8(11)14-5/h3-4H,1-2H2,(H,12,13). The Bertz CT molecular complexity index is 512. The van der Waals surface area contributed by atoms with Crippen LogP contribution in [0, 0.1) is 0 Å². The van der Waals surface area contributed by atoms with Gasteiger partial charge in [0.25, 0.3) is 0 Å². The van der Waals surface area contributed by atoms with Crippen LogP contribution in [0.15, 0.2) is 6.20 Å². The lowest BCUT2D eigenvalue weighted by atomic mass is 10.4. The van der Waals surface area contributed by atoms with E-state index in [0.717, 1.165) is 30.0 Å². The van der Waals surface area contributed by atoms with E-state index in [1.165, 1.54) is 0 Å². The van der Waals surface area contributed by atoms with E-state index >= 15 is 0 Å². The Kier molecular flexibility index (Phi) is 1.44. The minimum absolute atomic E-state index is 0.316. The van der Waals surface area contributed by atoms with Crippen LogP contribution in [-0.2, 0) is 0 Å². The van der Waals surface area contributed by atoms with Gasteiger partial charge in [-0.2, -0.15) is 0 Å². The first-order valence-corrected chi connectivity index (χ1v) is 5.15. The van der Waals surface area contributed by atoms with Gasteiger partial charge in [-0.05, 0) is 12.8 Å². The molecule has 5 nitrogen and oxygen atoms in total. The van der Waals surface area contributed by atoms with Crippen molar-refractivity contribution in [1.29, 1.82) is 0 Å². The van der Waals surface area contributed by atoms with Crippen molar-refractivity contribution in [3.05, 3.63) is 16.9 Å². The Labute approximate surface area is 83.0 Å². The summed E-state index contributed by atoms with van der Waals surface area (Å²) >= 11 is 1.16. The Morgan fingerprint density at radius 3 is 3.00 bits per heavy atom. The van der Waals surface area contributed by atoms with Crippen molar-refractivity contribution in [3.8, 4) is 0 Å². The van der Waals surface area contributed by atoms with Crippen LogP contribution < -0.4 is 0 Å². The highest BCUT2D eigenvalue weighted by Crippen LogP contribution is 2.39. The molecule has 1 N–H and O–H groups in total. The van der Waals surface area contributed by atoms with Gasteiger partial charge >= 0.3 is 5.97 Å². The van der Waals surface area contributed by atoms with Gasteiger partial charge < -0.3 is 5.11 Å². The SMILES string of the molecule is O=C(O)c1cn2c(C3CC3)nnc2s1. The molecule has 0 aliphatic heterocycles. The molecule has 14 heavy (non-hydrogen) atoms. The Morgan fingerprint density at radius 2 is 2.36 bits per heavy atom. The number of nitrogens with zero attached hydrogens (tertiary/aromatic N) is 3. The van der Waals surface area contributed by atoms with E-state index < -0.39 is 5.97 Å². The van der Waals surface area contributed by atoms with Gasteiger partial charge in [-0.3, -0.25) is 4.40 Å². The molecule has 2 aromatic heterocycles. The zero-order valence-corrected chi connectivity index (χ0v) is 7.99. The maximum Gasteiger partial charge on any atom is 0.347 e. The minimum atomic E-state index is -0.901. The van der Waals surface area contributed by atoms with Crippen molar-refractivity contribution in [2.24, 2.45) is 0 Å². The van der Waals surface area contributed by atoms with E-state index in [4.69, 9.17) is 5.11 Å². The fraction of sp³-hybridized carbons (Fsp3) is 0.375. The first-order chi connectivity index (χ1) is 6.75. The number of aromatic carboxylic acids is 1. The predicted octanol–water partition coefficient (Wildman–Crippen LogP) is 1.37. The number of carboxylic acids is 1. The van der Waals surface area contributed by atoms with Crippen molar-refractivity contribution in [2.45, 2.75) is 18.8 Å². The molecule has 0 radical (unpaired) electrons. The maximum absolute atomic E-state index is 10.7. The second kappa shape index (κ2) is 2.54.